The molecule has 0 saturated heterocycles. The second-order valence-corrected chi connectivity index (χ2v) is 9.38. The Morgan fingerprint density at radius 3 is 2.53 bits per heavy atom. The summed E-state index contributed by atoms with van der Waals surface area (Å²) in [7, 11) is 1.62. The van der Waals surface area contributed by atoms with E-state index in [4.69, 9.17) is 9.47 Å². The molecule has 0 aliphatic heterocycles. The smallest absolute Gasteiger partial charge is 0.236 e. The number of amides is 1. The highest BCUT2D eigenvalue weighted by Crippen LogP contribution is 2.30. The largest absolute Gasteiger partial charge is 0.497 e. The molecule has 10 heteroatoms. The molecule has 0 radical (unpaired) electrons. The van der Waals surface area contributed by atoms with Crippen molar-refractivity contribution in [2.45, 2.75) is 32.2 Å². The predicted molar refractivity (Wildman–Crippen MR) is 135 cm³/mol. The van der Waals surface area contributed by atoms with E-state index < -0.39 is 0 Å². The molecular formula is C24H25N5O3S2. The molecule has 2 aromatic heterocycles. The topological polar surface area (TPSA) is 91.2 Å². The number of thiazole rings is 1. The average molecular weight is 496 g/mol. The van der Waals surface area contributed by atoms with Gasteiger partial charge in [0.15, 0.2) is 16.1 Å². The third kappa shape index (κ3) is 5.75. The first-order chi connectivity index (χ1) is 16.6. The molecule has 0 aliphatic rings. The molecule has 0 fully saturated rings. The van der Waals surface area contributed by atoms with Gasteiger partial charge in [0.05, 0.1) is 18.6 Å². The molecule has 0 saturated carbocycles. The standard InChI is InChI=1S/C24H25N5O3S2/c1-4-29-20(14-32-19-12-10-18(31-3)11-13-19)27-28-24(29)33-15-21(30)25-23-26-22(16(2)34-23)17-8-6-5-7-9-17/h5-13H,4,14-15H2,1-3H3,(H,25,26,30). The second-order valence-electron chi connectivity index (χ2n) is 7.23. The molecule has 0 atom stereocenters. The fraction of sp³-hybridized carbons (Fsp3) is 0.250. The SMILES string of the molecule is CCn1c(COc2ccc(OC)cc2)nnc1SCC(=O)Nc1nc(-c2ccccc2)c(C)s1. The molecule has 1 N–H and O–H groups in total. The van der Waals surface area contributed by atoms with E-state index in [-0.39, 0.29) is 18.3 Å². The van der Waals surface area contributed by atoms with Crippen molar-refractivity contribution in [1.82, 2.24) is 19.7 Å². The van der Waals surface area contributed by atoms with Crippen LogP contribution in [0.1, 0.15) is 17.6 Å². The van der Waals surface area contributed by atoms with E-state index in [1.807, 2.05) is 73.0 Å². The van der Waals surface area contributed by atoms with Gasteiger partial charge in [-0.1, -0.05) is 42.1 Å². The molecule has 0 spiro atoms. The van der Waals surface area contributed by atoms with E-state index in [1.165, 1.54) is 23.1 Å². The second kappa shape index (κ2) is 11.2. The van der Waals surface area contributed by atoms with Crippen molar-refractivity contribution >= 4 is 34.1 Å². The van der Waals surface area contributed by atoms with Crippen molar-refractivity contribution in [3.05, 3.63) is 65.3 Å². The average Bonchev–Trinajstić information content (AvgIpc) is 3.44. The number of carbonyl (C=O) groups is 1. The van der Waals surface area contributed by atoms with Crippen LogP contribution in [0.25, 0.3) is 11.3 Å². The summed E-state index contributed by atoms with van der Waals surface area (Å²) in [4.78, 5) is 18.2. The van der Waals surface area contributed by atoms with Gasteiger partial charge in [-0.15, -0.1) is 21.5 Å². The highest BCUT2D eigenvalue weighted by atomic mass is 32.2. The summed E-state index contributed by atoms with van der Waals surface area (Å²) in [5.74, 6) is 2.25. The first-order valence-electron chi connectivity index (χ1n) is 10.7. The maximum Gasteiger partial charge on any atom is 0.236 e. The normalized spacial score (nSPS) is 10.8. The Hall–Kier alpha value is -3.37. The molecule has 34 heavy (non-hydrogen) atoms. The van der Waals surface area contributed by atoms with E-state index in [1.54, 1.807) is 7.11 Å². The Morgan fingerprint density at radius 1 is 1.09 bits per heavy atom. The molecule has 2 heterocycles. The highest BCUT2D eigenvalue weighted by molar-refractivity contribution is 7.99. The van der Waals surface area contributed by atoms with Crippen LogP contribution >= 0.6 is 23.1 Å². The van der Waals surface area contributed by atoms with Crippen molar-refractivity contribution < 1.29 is 14.3 Å². The third-order valence-corrected chi connectivity index (χ3v) is 6.81. The summed E-state index contributed by atoms with van der Waals surface area (Å²) >= 11 is 2.80. The van der Waals surface area contributed by atoms with Crippen LogP contribution in [0.3, 0.4) is 0 Å². The van der Waals surface area contributed by atoms with Gasteiger partial charge >= 0.3 is 0 Å². The number of nitrogens with one attached hydrogen (secondary N) is 1. The van der Waals surface area contributed by atoms with Gasteiger partial charge in [-0.2, -0.15) is 0 Å². The van der Waals surface area contributed by atoms with Crippen LogP contribution in [0.4, 0.5) is 5.13 Å². The number of anilines is 1. The molecule has 8 nitrogen and oxygen atoms in total. The summed E-state index contributed by atoms with van der Waals surface area (Å²) in [6.45, 7) is 4.96. The fourth-order valence-electron chi connectivity index (χ4n) is 3.27. The summed E-state index contributed by atoms with van der Waals surface area (Å²) in [6.07, 6.45) is 0. The number of carbonyl (C=O) groups excluding carboxylic acids is 1. The Kier molecular flexibility index (Phi) is 7.81. The van der Waals surface area contributed by atoms with Gasteiger partial charge in [0, 0.05) is 17.0 Å². The third-order valence-electron chi connectivity index (χ3n) is 4.96. The van der Waals surface area contributed by atoms with Gasteiger partial charge in [0.25, 0.3) is 0 Å². The van der Waals surface area contributed by atoms with E-state index in [2.05, 4.69) is 20.5 Å². The van der Waals surface area contributed by atoms with Crippen molar-refractivity contribution in [3.8, 4) is 22.8 Å². The van der Waals surface area contributed by atoms with Gasteiger partial charge < -0.3 is 19.4 Å². The van der Waals surface area contributed by atoms with Gasteiger partial charge in [-0.05, 0) is 38.1 Å². The molecule has 4 rings (SSSR count). The summed E-state index contributed by atoms with van der Waals surface area (Å²) in [5, 5.41) is 12.7. The number of aryl methyl sites for hydroxylation is 1. The molecule has 0 unspecified atom stereocenters. The van der Waals surface area contributed by atoms with Crippen LogP contribution in [-0.4, -0.2) is 38.5 Å². The molecular weight excluding hydrogens is 470 g/mol. The Labute approximate surface area is 206 Å². The highest BCUT2D eigenvalue weighted by Gasteiger charge is 2.16. The minimum Gasteiger partial charge on any atom is -0.497 e. The lowest BCUT2D eigenvalue weighted by atomic mass is 10.1. The van der Waals surface area contributed by atoms with Crippen LogP contribution in [-0.2, 0) is 17.9 Å². The number of benzene rings is 2. The lowest BCUT2D eigenvalue weighted by Gasteiger charge is -2.09. The number of methoxy groups -OCH3 is 1. The number of nitrogens with zero attached hydrogens (tertiary/aromatic N) is 4. The number of rotatable bonds is 10. The molecule has 4 aromatic rings. The maximum atomic E-state index is 12.6. The molecule has 2 aromatic carbocycles. The summed E-state index contributed by atoms with van der Waals surface area (Å²) in [6, 6.07) is 17.3. The lowest BCUT2D eigenvalue weighted by molar-refractivity contribution is -0.113. The number of aromatic nitrogens is 4. The zero-order chi connectivity index (χ0) is 23.9. The molecule has 0 bridgehead atoms. The van der Waals surface area contributed by atoms with Crippen LogP contribution in [0, 0.1) is 6.92 Å². The molecule has 1 amide bonds. The lowest BCUT2D eigenvalue weighted by Crippen LogP contribution is -2.14. The first kappa shape index (κ1) is 23.8. The van der Waals surface area contributed by atoms with E-state index in [9.17, 15) is 4.79 Å². The Balaban J connectivity index is 1.33. The zero-order valence-corrected chi connectivity index (χ0v) is 20.8. The monoisotopic (exact) mass is 495 g/mol. The first-order valence-corrected chi connectivity index (χ1v) is 12.5. The van der Waals surface area contributed by atoms with Crippen LogP contribution in [0.15, 0.2) is 59.8 Å². The van der Waals surface area contributed by atoms with Gasteiger partial charge in [-0.3, -0.25) is 4.79 Å². The quantitative estimate of drug-likeness (QED) is 0.308. The van der Waals surface area contributed by atoms with Crippen molar-refractivity contribution in [1.29, 1.82) is 0 Å². The Bertz CT molecular complexity index is 1240. The number of hydrogen-bond acceptors (Lipinski definition) is 8. The Morgan fingerprint density at radius 2 is 1.82 bits per heavy atom. The fourth-order valence-corrected chi connectivity index (χ4v) is 4.94. The summed E-state index contributed by atoms with van der Waals surface area (Å²) < 4.78 is 12.9. The van der Waals surface area contributed by atoms with Crippen LogP contribution in [0.2, 0.25) is 0 Å². The summed E-state index contributed by atoms with van der Waals surface area (Å²) in [5.41, 5.74) is 1.92. The predicted octanol–water partition coefficient (Wildman–Crippen LogP) is 5.05. The molecule has 176 valence electrons. The van der Waals surface area contributed by atoms with Gasteiger partial charge in [0.1, 0.15) is 18.1 Å². The molecule has 0 aliphatic carbocycles. The van der Waals surface area contributed by atoms with Gasteiger partial charge in [-0.25, -0.2) is 4.98 Å². The minimum absolute atomic E-state index is 0.139. The number of ether oxygens (including phenoxy) is 2. The maximum absolute atomic E-state index is 12.6. The minimum atomic E-state index is -0.139. The number of hydrogen-bond donors (Lipinski definition) is 1. The van der Waals surface area contributed by atoms with E-state index in [0.717, 1.165) is 21.9 Å². The van der Waals surface area contributed by atoms with Crippen molar-refractivity contribution in [2.75, 3.05) is 18.2 Å². The van der Waals surface area contributed by atoms with Crippen molar-refractivity contribution in [2.24, 2.45) is 0 Å². The van der Waals surface area contributed by atoms with Crippen molar-refractivity contribution in [3.63, 3.8) is 0 Å². The van der Waals surface area contributed by atoms with Crippen LogP contribution in [0.5, 0.6) is 11.5 Å². The van der Waals surface area contributed by atoms with Gasteiger partial charge in [0.2, 0.25) is 5.91 Å². The zero-order valence-electron chi connectivity index (χ0n) is 19.1. The van der Waals surface area contributed by atoms with E-state index >= 15 is 0 Å². The number of thioether (sulfide) groups is 1. The van der Waals surface area contributed by atoms with E-state index in [0.29, 0.717) is 28.4 Å². The van der Waals surface area contributed by atoms with Crippen LogP contribution < -0.4 is 14.8 Å².